The summed E-state index contributed by atoms with van der Waals surface area (Å²) >= 11 is 0. The molecular formula is C20H23FN2O5S. The lowest BCUT2D eigenvalue weighted by molar-refractivity contribution is -0.124. The molecule has 0 heterocycles. The summed E-state index contributed by atoms with van der Waals surface area (Å²) in [6.07, 6.45) is 0.729. The SMILES string of the molecule is CCC(C)NC(=O)COC(=O)c1ccccc1NS(=O)(=O)c1ccc(F)cc1C. The highest BCUT2D eigenvalue weighted by Crippen LogP contribution is 2.23. The number of rotatable bonds is 8. The second-order valence-electron chi connectivity index (χ2n) is 6.51. The molecule has 0 aliphatic carbocycles. The van der Waals surface area contributed by atoms with E-state index in [1.165, 1.54) is 25.1 Å². The minimum Gasteiger partial charge on any atom is -0.452 e. The fraction of sp³-hybridized carbons (Fsp3) is 0.300. The maximum atomic E-state index is 13.3. The number of esters is 1. The molecule has 0 aliphatic rings. The van der Waals surface area contributed by atoms with Crippen LogP contribution >= 0.6 is 0 Å². The largest absolute Gasteiger partial charge is 0.452 e. The molecule has 156 valence electrons. The highest BCUT2D eigenvalue weighted by atomic mass is 32.2. The Kier molecular flexibility index (Phi) is 7.33. The van der Waals surface area contributed by atoms with Gasteiger partial charge in [-0.1, -0.05) is 19.1 Å². The first-order valence-corrected chi connectivity index (χ1v) is 10.5. The van der Waals surface area contributed by atoms with Crippen LogP contribution in [0.25, 0.3) is 0 Å². The van der Waals surface area contributed by atoms with Gasteiger partial charge >= 0.3 is 5.97 Å². The number of carbonyl (C=O) groups is 2. The predicted octanol–water partition coefficient (Wildman–Crippen LogP) is 3.01. The van der Waals surface area contributed by atoms with Crippen LogP contribution in [0.2, 0.25) is 0 Å². The van der Waals surface area contributed by atoms with E-state index < -0.39 is 34.3 Å². The third-order valence-corrected chi connectivity index (χ3v) is 5.70. The highest BCUT2D eigenvalue weighted by Gasteiger charge is 2.21. The van der Waals surface area contributed by atoms with Crippen molar-refractivity contribution < 1.29 is 27.1 Å². The van der Waals surface area contributed by atoms with Crippen LogP contribution in [0.4, 0.5) is 10.1 Å². The van der Waals surface area contributed by atoms with Crippen LogP contribution < -0.4 is 10.0 Å². The van der Waals surface area contributed by atoms with Crippen molar-refractivity contribution in [3.63, 3.8) is 0 Å². The normalized spacial score (nSPS) is 12.1. The minimum absolute atomic E-state index is 0.0106. The van der Waals surface area contributed by atoms with Crippen LogP contribution in [0.5, 0.6) is 0 Å². The number of anilines is 1. The van der Waals surface area contributed by atoms with Crippen LogP contribution in [-0.4, -0.2) is 32.9 Å². The van der Waals surface area contributed by atoms with Crippen molar-refractivity contribution in [3.8, 4) is 0 Å². The molecule has 0 radical (unpaired) electrons. The van der Waals surface area contributed by atoms with Crippen molar-refractivity contribution in [2.45, 2.75) is 38.1 Å². The molecule has 29 heavy (non-hydrogen) atoms. The number of aryl methyl sites for hydroxylation is 1. The van der Waals surface area contributed by atoms with E-state index in [2.05, 4.69) is 10.0 Å². The van der Waals surface area contributed by atoms with E-state index in [4.69, 9.17) is 4.74 Å². The molecule has 2 aromatic rings. The van der Waals surface area contributed by atoms with Gasteiger partial charge in [-0.15, -0.1) is 0 Å². The quantitative estimate of drug-likeness (QED) is 0.637. The summed E-state index contributed by atoms with van der Waals surface area (Å²) in [4.78, 5) is 24.0. The first-order valence-electron chi connectivity index (χ1n) is 8.98. The van der Waals surface area contributed by atoms with E-state index in [1.54, 1.807) is 6.07 Å². The molecule has 0 bridgehead atoms. The lowest BCUT2D eigenvalue weighted by atomic mass is 10.2. The number of ether oxygens (including phenoxy) is 1. The zero-order valence-electron chi connectivity index (χ0n) is 16.4. The molecule has 2 aromatic carbocycles. The molecular weight excluding hydrogens is 399 g/mol. The number of carbonyl (C=O) groups excluding carboxylic acids is 2. The van der Waals surface area contributed by atoms with E-state index in [1.807, 2.05) is 13.8 Å². The van der Waals surface area contributed by atoms with Gasteiger partial charge in [-0.3, -0.25) is 9.52 Å². The Morgan fingerprint density at radius 3 is 2.52 bits per heavy atom. The lowest BCUT2D eigenvalue weighted by Gasteiger charge is -2.14. The van der Waals surface area contributed by atoms with Crippen LogP contribution in [0.15, 0.2) is 47.4 Å². The monoisotopic (exact) mass is 422 g/mol. The number of hydrogen-bond acceptors (Lipinski definition) is 5. The number of halogens is 1. The van der Waals surface area contributed by atoms with E-state index in [0.717, 1.165) is 24.6 Å². The molecule has 0 aliphatic heterocycles. The predicted molar refractivity (Wildman–Crippen MR) is 107 cm³/mol. The highest BCUT2D eigenvalue weighted by molar-refractivity contribution is 7.92. The minimum atomic E-state index is -4.07. The summed E-state index contributed by atoms with van der Waals surface area (Å²) in [5, 5.41) is 2.66. The molecule has 1 atom stereocenters. The van der Waals surface area contributed by atoms with Crippen molar-refractivity contribution in [2.75, 3.05) is 11.3 Å². The summed E-state index contributed by atoms with van der Waals surface area (Å²) in [5.41, 5.74) is 0.162. The number of nitrogens with one attached hydrogen (secondary N) is 2. The average Bonchev–Trinajstić information content (AvgIpc) is 2.65. The molecule has 0 saturated heterocycles. The van der Waals surface area contributed by atoms with Crippen molar-refractivity contribution in [3.05, 3.63) is 59.4 Å². The Hall–Kier alpha value is -2.94. The first-order chi connectivity index (χ1) is 13.6. The molecule has 1 unspecified atom stereocenters. The number of amides is 1. The van der Waals surface area contributed by atoms with Gasteiger partial charge in [-0.2, -0.15) is 0 Å². The molecule has 0 spiro atoms. The van der Waals surface area contributed by atoms with Gasteiger partial charge < -0.3 is 10.1 Å². The third kappa shape index (κ3) is 6.02. The van der Waals surface area contributed by atoms with Gasteiger partial charge in [0.05, 0.1) is 16.1 Å². The maximum absolute atomic E-state index is 13.3. The van der Waals surface area contributed by atoms with Gasteiger partial charge in [0.25, 0.3) is 15.9 Å². The van der Waals surface area contributed by atoms with Crippen LogP contribution in [0.3, 0.4) is 0 Å². The zero-order valence-corrected chi connectivity index (χ0v) is 17.2. The summed E-state index contributed by atoms with van der Waals surface area (Å²) in [6.45, 7) is 4.71. The van der Waals surface area contributed by atoms with Crippen molar-refractivity contribution >= 4 is 27.6 Å². The third-order valence-electron chi connectivity index (χ3n) is 4.17. The Labute approximate surface area is 169 Å². The Balaban J connectivity index is 2.18. The van der Waals surface area contributed by atoms with Crippen LogP contribution in [0.1, 0.15) is 36.2 Å². The molecule has 2 rings (SSSR count). The number of benzene rings is 2. The van der Waals surface area contributed by atoms with Gasteiger partial charge in [0, 0.05) is 6.04 Å². The second kappa shape index (κ2) is 9.51. The van der Waals surface area contributed by atoms with E-state index in [0.29, 0.717) is 0 Å². The smallest absolute Gasteiger partial charge is 0.340 e. The molecule has 0 saturated carbocycles. The zero-order chi connectivity index (χ0) is 21.6. The second-order valence-corrected chi connectivity index (χ2v) is 8.16. The number of sulfonamides is 1. The summed E-state index contributed by atoms with van der Waals surface area (Å²) in [7, 11) is -4.07. The van der Waals surface area contributed by atoms with Crippen molar-refractivity contribution in [1.29, 1.82) is 0 Å². The fourth-order valence-electron chi connectivity index (χ4n) is 2.49. The molecule has 9 heteroatoms. The van der Waals surface area contributed by atoms with Crippen LogP contribution in [0, 0.1) is 12.7 Å². The maximum Gasteiger partial charge on any atom is 0.340 e. The molecule has 7 nitrogen and oxygen atoms in total. The molecule has 1 amide bonds. The Bertz CT molecular complexity index is 1010. The molecule has 0 fully saturated rings. The van der Waals surface area contributed by atoms with E-state index in [-0.39, 0.29) is 27.8 Å². The summed E-state index contributed by atoms with van der Waals surface area (Å²) < 4.78 is 46.0. The fourth-order valence-corrected chi connectivity index (χ4v) is 3.80. The van der Waals surface area contributed by atoms with Gasteiger partial charge in [0.1, 0.15) is 5.82 Å². The van der Waals surface area contributed by atoms with Gasteiger partial charge in [-0.05, 0) is 56.2 Å². The standard InChI is InChI=1S/C20H23FN2O5S/c1-4-14(3)22-19(24)12-28-20(25)16-7-5-6-8-17(16)23-29(26,27)18-10-9-15(21)11-13(18)2/h5-11,14,23H,4,12H2,1-3H3,(H,22,24). The lowest BCUT2D eigenvalue weighted by Crippen LogP contribution is -2.35. The van der Waals surface area contributed by atoms with Gasteiger partial charge in [0.2, 0.25) is 0 Å². The number of hydrogen-bond donors (Lipinski definition) is 2. The molecule has 2 N–H and O–H groups in total. The van der Waals surface area contributed by atoms with E-state index >= 15 is 0 Å². The van der Waals surface area contributed by atoms with Crippen LogP contribution in [-0.2, 0) is 19.6 Å². The summed E-state index contributed by atoms with van der Waals surface area (Å²) in [5.74, 6) is -1.85. The Morgan fingerprint density at radius 1 is 1.17 bits per heavy atom. The Morgan fingerprint density at radius 2 is 1.86 bits per heavy atom. The summed E-state index contributed by atoms with van der Waals surface area (Å²) in [6, 6.07) is 9.09. The molecule has 0 aromatic heterocycles. The average molecular weight is 422 g/mol. The number of para-hydroxylation sites is 1. The van der Waals surface area contributed by atoms with Crippen molar-refractivity contribution in [2.24, 2.45) is 0 Å². The first kappa shape index (κ1) is 22.4. The topological polar surface area (TPSA) is 102 Å². The van der Waals surface area contributed by atoms with Crippen molar-refractivity contribution in [1.82, 2.24) is 5.32 Å². The van der Waals surface area contributed by atoms with Gasteiger partial charge in [0.15, 0.2) is 6.61 Å². The van der Waals surface area contributed by atoms with Gasteiger partial charge in [-0.25, -0.2) is 17.6 Å². The van der Waals surface area contributed by atoms with E-state index in [9.17, 15) is 22.4 Å².